The number of nitrogens with two attached hydrogens (primary N) is 1. The molecule has 108 valence electrons. The summed E-state index contributed by atoms with van der Waals surface area (Å²) in [7, 11) is 2.14. The minimum atomic E-state index is 0.220. The second-order valence-corrected chi connectivity index (χ2v) is 6.83. The number of hydrogen-bond acceptors (Lipinski definition) is 3. The fraction of sp³-hybridized carbons (Fsp3) is 0.375. The highest BCUT2D eigenvalue weighted by Crippen LogP contribution is 2.26. The number of benzene rings is 1. The van der Waals surface area contributed by atoms with Gasteiger partial charge in [-0.3, -0.25) is 0 Å². The number of hydrogen-bond donors (Lipinski definition) is 1. The van der Waals surface area contributed by atoms with Gasteiger partial charge in [-0.2, -0.15) is 11.3 Å². The van der Waals surface area contributed by atoms with Gasteiger partial charge in [0, 0.05) is 29.8 Å². The molecule has 0 bridgehead atoms. The van der Waals surface area contributed by atoms with Crippen molar-refractivity contribution in [3.8, 4) is 0 Å². The van der Waals surface area contributed by atoms with Crippen molar-refractivity contribution < 1.29 is 0 Å². The molecule has 20 heavy (non-hydrogen) atoms. The third kappa shape index (κ3) is 4.08. The molecule has 1 unspecified atom stereocenters. The van der Waals surface area contributed by atoms with Gasteiger partial charge in [0.2, 0.25) is 0 Å². The van der Waals surface area contributed by atoms with Crippen molar-refractivity contribution in [2.45, 2.75) is 32.4 Å². The Morgan fingerprint density at radius 1 is 1.35 bits per heavy atom. The SMILES string of the molecule is CCC(N)Cc1cc(Br)ccc1N(C)Cc1ccsc1. The summed E-state index contributed by atoms with van der Waals surface area (Å²) in [5.74, 6) is 0. The smallest absolute Gasteiger partial charge is 0.0434 e. The first kappa shape index (κ1) is 15.5. The van der Waals surface area contributed by atoms with Crippen molar-refractivity contribution in [1.82, 2.24) is 0 Å². The second-order valence-electron chi connectivity index (χ2n) is 5.13. The topological polar surface area (TPSA) is 29.3 Å². The predicted octanol–water partition coefficient (Wildman–Crippen LogP) is 4.43. The van der Waals surface area contributed by atoms with Crippen LogP contribution in [-0.4, -0.2) is 13.1 Å². The fourth-order valence-corrected chi connectivity index (χ4v) is 3.33. The maximum atomic E-state index is 6.13. The molecule has 2 aromatic rings. The number of anilines is 1. The fourth-order valence-electron chi connectivity index (χ4n) is 2.26. The van der Waals surface area contributed by atoms with Gasteiger partial charge in [-0.15, -0.1) is 0 Å². The molecular formula is C16H21BrN2S. The van der Waals surface area contributed by atoms with E-state index in [-0.39, 0.29) is 6.04 Å². The lowest BCUT2D eigenvalue weighted by atomic mass is 10.0. The Kier molecular flexibility index (Phi) is 5.64. The lowest BCUT2D eigenvalue weighted by molar-refractivity contribution is 0.645. The van der Waals surface area contributed by atoms with E-state index in [1.165, 1.54) is 16.8 Å². The summed E-state index contributed by atoms with van der Waals surface area (Å²) in [4.78, 5) is 2.30. The highest BCUT2D eigenvalue weighted by atomic mass is 79.9. The van der Waals surface area contributed by atoms with E-state index in [1.807, 2.05) is 0 Å². The standard InChI is InChI=1S/C16H21BrN2S/c1-3-15(18)9-13-8-14(17)4-5-16(13)19(2)10-12-6-7-20-11-12/h4-8,11,15H,3,9-10,18H2,1-2H3. The number of rotatable bonds is 6. The van der Waals surface area contributed by atoms with Crippen molar-refractivity contribution in [3.05, 3.63) is 50.6 Å². The van der Waals surface area contributed by atoms with Gasteiger partial charge < -0.3 is 10.6 Å². The first-order valence-electron chi connectivity index (χ1n) is 6.86. The van der Waals surface area contributed by atoms with Gasteiger partial charge in [0.15, 0.2) is 0 Å². The lowest BCUT2D eigenvalue weighted by Gasteiger charge is -2.23. The largest absolute Gasteiger partial charge is 0.370 e. The van der Waals surface area contributed by atoms with E-state index in [2.05, 4.69) is 69.8 Å². The summed E-state index contributed by atoms with van der Waals surface area (Å²) in [5.41, 5.74) is 10.1. The normalized spacial score (nSPS) is 12.4. The molecule has 0 saturated carbocycles. The average Bonchev–Trinajstić information content (AvgIpc) is 2.91. The van der Waals surface area contributed by atoms with Crippen molar-refractivity contribution in [3.63, 3.8) is 0 Å². The Balaban J connectivity index is 2.20. The van der Waals surface area contributed by atoms with Gasteiger partial charge in [-0.25, -0.2) is 0 Å². The van der Waals surface area contributed by atoms with Crippen LogP contribution in [0.4, 0.5) is 5.69 Å². The maximum absolute atomic E-state index is 6.13. The van der Waals surface area contributed by atoms with Crippen LogP contribution in [-0.2, 0) is 13.0 Å². The van der Waals surface area contributed by atoms with Crippen LogP contribution in [0.1, 0.15) is 24.5 Å². The molecule has 0 saturated heterocycles. The molecule has 1 atom stereocenters. The first-order valence-corrected chi connectivity index (χ1v) is 8.60. The van der Waals surface area contributed by atoms with E-state index in [4.69, 9.17) is 5.73 Å². The summed E-state index contributed by atoms with van der Waals surface area (Å²) in [5, 5.41) is 4.32. The first-order chi connectivity index (χ1) is 9.60. The van der Waals surface area contributed by atoms with Crippen LogP contribution in [0.5, 0.6) is 0 Å². The monoisotopic (exact) mass is 352 g/mol. The molecule has 2 rings (SSSR count). The summed E-state index contributed by atoms with van der Waals surface area (Å²) < 4.78 is 1.11. The van der Waals surface area contributed by atoms with E-state index in [1.54, 1.807) is 11.3 Å². The van der Waals surface area contributed by atoms with Gasteiger partial charge >= 0.3 is 0 Å². The van der Waals surface area contributed by atoms with Crippen molar-refractivity contribution in [2.75, 3.05) is 11.9 Å². The predicted molar refractivity (Wildman–Crippen MR) is 92.5 cm³/mol. The van der Waals surface area contributed by atoms with E-state index < -0.39 is 0 Å². The third-order valence-electron chi connectivity index (χ3n) is 3.46. The highest BCUT2D eigenvalue weighted by Gasteiger charge is 2.11. The zero-order valence-corrected chi connectivity index (χ0v) is 14.4. The van der Waals surface area contributed by atoms with Gasteiger partial charge in [0.1, 0.15) is 0 Å². The van der Waals surface area contributed by atoms with Crippen LogP contribution in [0.2, 0.25) is 0 Å². The molecule has 2 nitrogen and oxygen atoms in total. The molecule has 0 aliphatic rings. The van der Waals surface area contributed by atoms with Crippen LogP contribution in [0.25, 0.3) is 0 Å². The molecule has 0 fully saturated rings. The minimum absolute atomic E-state index is 0.220. The van der Waals surface area contributed by atoms with Crippen LogP contribution in [0.15, 0.2) is 39.5 Å². The summed E-state index contributed by atoms with van der Waals surface area (Å²) in [6, 6.07) is 8.86. The van der Waals surface area contributed by atoms with E-state index >= 15 is 0 Å². The van der Waals surface area contributed by atoms with Gasteiger partial charge in [-0.1, -0.05) is 22.9 Å². The second kappa shape index (κ2) is 7.25. The molecule has 0 amide bonds. The van der Waals surface area contributed by atoms with Crippen LogP contribution >= 0.6 is 27.3 Å². The Labute approximate surface area is 133 Å². The zero-order chi connectivity index (χ0) is 14.5. The van der Waals surface area contributed by atoms with E-state index in [0.717, 1.165) is 23.9 Å². The molecule has 1 aromatic carbocycles. The molecule has 0 spiro atoms. The summed E-state index contributed by atoms with van der Waals surface area (Å²) >= 11 is 5.30. The zero-order valence-electron chi connectivity index (χ0n) is 12.0. The Morgan fingerprint density at radius 3 is 2.80 bits per heavy atom. The van der Waals surface area contributed by atoms with Crippen molar-refractivity contribution in [1.29, 1.82) is 0 Å². The highest BCUT2D eigenvalue weighted by molar-refractivity contribution is 9.10. The van der Waals surface area contributed by atoms with Crippen LogP contribution < -0.4 is 10.6 Å². The van der Waals surface area contributed by atoms with E-state index in [0.29, 0.717) is 0 Å². The minimum Gasteiger partial charge on any atom is -0.370 e. The molecule has 4 heteroatoms. The molecular weight excluding hydrogens is 332 g/mol. The van der Waals surface area contributed by atoms with Gasteiger partial charge in [-0.05, 0) is 59.0 Å². The Bertz CT molecular complexity index is 539. The van der Waals surface area contributed by atoms with E-state index in [9.17, 15) is 0 Å². The molecule has 0 radical (unpaired) electrons. The molecule has 0 aliphatic heterocycles. The van der Waals surface area contributed by atoms with Gasteiger partial charge in [0.05, 0.1) is 0 Å². The molecule has 1 heterocycles. The molecule has 1 aromatic heterocycles. The van der Waals surface area contributed by atoms with Crippen molar-refractivity contribution >= 4 is 33.0 Å². The average molecular weight is 353 g/mol. The van der Waals surface area contributed by atoms with Crippen molar-refractivity contribution in [2.24, 2.45) is 5.73 Å². The van der Waals surface area contributed by atoms with Gasteiger partial charge in [0.25, 0.3) is 0 Å². The molecule has 2 N–H and O–H groups in total. The summed E-state index contributed by atoms with van der Waals surface area (Å²) in [6.07, 6.45) is 1.92. The van der Waals surface area contributed by atoms with Crippen LogP contribution in [0, 0.1) is 0 Å². The lowest BCUT2D eigenvalue weighted by Crippen LogP contribution is -2.24. The quantitative estimate of drug-likeness (QED) is 0.833. The Morgan fingerprint density at radius 2 is 2.15 bits per heavy atom. The third-order valence-corrected chi connectivity index (χ3v) is 4.68. The molecule has 0 aliphatic carbocycles. The number of thiophene rings is 1. The Hall–Kier alpha value is -0.840. The number of nitrogens with zero attached hydrogens (tertiary/aromatic N) is 1. The maximum Gasteiger partial charge on any atom is 0.0434 e. The van der Waals surface area contributed by atoms with Crippen LogP contribution in [0.3, 0.4) is 0 Å². The summed E-state index contributed by atoms with van der Waals surface area (Å²) in [6.45, 7) is 3.07. The number of halogens is 1.